The van der Waals surface area contributed by atoms with Crippen molar-refractivity contribution in [2.45, 2.75) is 52.6 Å². The van der Waals surface area contributed by atoms with Gasteiger partial charge < -0.3 is 10.2 Å². The minimum Gasteiger partial charge on any atom is -0.355 e. The topological polar surface area (TPSA) is 86.8 Å². The molecule has 2 rings (SSSR count). The maximum Gasteiger partial charge on any atom is 0.242 e. The number of sulfonamides is 1. The molecule has 0 aliphatic carbocycles. The van der Waals surface area contributed by atoms with Gasteiger partial charge >= 0.3 is 0 Å². The van der Waals surface area contributed by atoms with Gasteiger partial charge in [0, 0.05) is 31.1 Å². The zero-order valence-electron chi connectivity index (χ0n) is 20.3. The van der Waals surface area contributed by atoms with Gasteiger partial charge in [0.15, 0.2) is 0 Å². The van der Waals surface area contributed by atoms with E-state index in [1.807, 2.05) is 51.1 Å². The van der Waals surface area contributed by atoms with Crippen LogP contribution in [0.4, 0.5) is 5.69 Å². The van der Waals surface area contributed by atoms with E-state index in [0.717, 1.165) is 17.4 Å². The van der Waals surface area contributed by atoms with Crippen molar-refractivity contribution >= 4 is 39.1 Å². The van der Waals surface area contributed by atoms with Crippen molar-refractivity contribution in [1.29, 1.82) is 0 Å². The van der Waals surface area contributed by atoms with Crippen molar-refractivity contribution in [1.82, 2.24) is 10.2 Å². The average Bonchev–Trinajstić information content (AvgIpc) is 2.78. The fraction of sp³-hybridized carbons (Fsp3) is 0.440. The quantitative estimate of drug-likeness (QED) is 0.467. The van der Waals surface area contributed by atoms with E-state index in [1.54, 1.807) is 23.1 Å². The Balaban J connectivity index is 2.21. The zero-order valence-corrected chi connectivity index (χ0v) is 21.8. The van der Waals surface area contributed by atoms with Gasteiger partial charge in [0.25, 0.3) is 0 Å². The Morgan fingerprint density at radius 3 is 2.35 bits per heavy atom. The van der Waals surface area contributed by atoms with E-state index in [4.69, 9.17) is 11.6 Å². The highest BCUT2D eigenvalue weighted by Crippen LogP contribution is 2.27. The van der Waals surface area contributed by atoms with Gasteiger partial charge in [0.2, 0.25) is 21.8 Å². The Labute approximate surface area is 208 Å². The van der Waals surface area contributed by atoms with E-state index in [1.165, 1.54) is 4.31 Å². The number of carbonyl (C=O) groups is 2. The largest absolute Gasteiger partial charge is 0.355 e. The molecule has 0 aromatic heterocycles. The first-order valence-electron chi connectivity index (χ1n) is 11.4. The van der Waals surface area contributed by atoms with Gasteiger partial charge in [0.05, 0.1) is 11.9 Å². The van der Waals surface area contributed by atoms with Crippen molar-refractivity contribution in [3.05, 3.63) is 64.7 Å². The fourth-order valence-corrected chi connectivity index (χ4v) is 5.01. The summed E-state index contributed by atoms with van der Waals surface area (Å²) >= 11 is 6.10. The summed E-state index contributed by atoms with van der Waals surface area (Å²) in [4.78, 5) is 27.6. The van der Waals surface area contributed by atoms with Crippen molar-refractivity contribution in [3.63, 3.8) is 0 Å². The van der Waals surface area contributed by atoms with E-state index in [9.17, 15) is 18.0 Å². The average molecular weight is 508 g/mol. The molecule has 186 valence electrons. The number of hydrogen-bond donors (Lipinski definition) is 1. The lowest BCUT2D eigenvalue weighted by molar-refractivity contribution is -0.141. The van der Waals surface area contributed by atoms with Crippen LogP contribution >= 0.6 is 11.6 Å². The van der Waals surface area contributed by atoms with Gasteiger partial charge in [0.1, 0.15) is 6.04 Å². The van der Waals surface area contributed by atoms with Gasteiger partial charge in [-0.15, -0.1) is 0 Å². The summed E-state index contributed by atoms with van der Waals surface area (Å²) < 4.78 is 26.3. The third-order valence-electron chi connectivity index (χ3n) is 5.52. The van der Waals surface area contributed by atoms with Gasteiger partial charge in [-0.3, -0.25) is 13.9 Å². The summed E-state index contributed by atoms with van der Waals surface area (Å²) in [5.74, 6) is -0.389. The predicted octanol–water partition coefficient (Wildman–Crippen LogP) is 4.14. The van der Waals surface area contributed by atoms with Crippen LogP contribution in [0, 0.1) is 6.92 Å². The molecule has 1 N–H and O–H groups in total. The van der Waals surface area contributed by atoms with Crippen molar-refractivity contribution in [3.8, 4) is 0 Å². The first-order chi connectivity index (χ1) is 16.1. The van der Waals surface area contributed by atoms with E-state index in [2.05, 4.69) is 5.32 Å². The molecule has 0 heterocycles. The molecule has 0 saturated carbocycles. The molecule has 2 aromatic rings. The summed E-state index contributed by atoms with van der Waals surface area (Å²) in [5, 5.41) is 3.25. The lowest BCUT2D eigenvalue weighted by Crippen LogP contribution is -2.49. The highest BCUT2D eigenvalue weighted by molar-refractivity contribution is 7.92. The molecule has 7 nitrogen and oxygen atoms in total. The van der Waals surface area contributed by atoms with E-state index in [0.29, 0.717) is 36.6 Å². The van der Waals surface area contributed by atoms with Crippen LogP contribution in [-0.4, -0.2) is 50.5 Å². The summed E-state index contributed by atoms with van der Waals surface area (Å²) in [6, 6.07) is 14.0. The molecule has 9 heteroatoms. The molecule has 2 amide bonds. The molecule has 0 aliphatic rings. The van der Waals surface area contributed by atoms with Crippen LogP contribution < -0.4 is 9.62 Å². The van der Waals surface area contributed by atoms with Gasteiger partial charge in [-0.2, -0.15) is 0 Å². The number of rotatable bonds is 12. The number of aryl methyl sites for hydroxylation is 1. The minimum atomic E-state index is -3.58. The summed E-state index contributed by atoms with van der Waals surface area (Å²) in [6.07, 6.45) is 2.02. The molecule has 1 atom stereocenters. The van der Waals surface area contributed by atoms with E-state index >= 15 is 0 Å². The van der Waals surface area contributed by atoms with E-state index in [-0.39, 0.29) is 24.8 Å². The smallest absolute Gasteiger partial charge is 0.242 e. The normalized spacial score (nSPS) is 12.1. The summed E-state index contributed by atoms with van der Waals surface area (Å²) in [7, 11) is -3.58. The van der Waals surface area contributed by atoms with Gasteiger partial charge in [-0.25, -0.2) is 8.42 Å². The molecule has 0 spiro atoms. The second kappa shape index (κ2) is 12.8. The molecule has 0 fully saturated rings. The second-order valence-corrected chi connectivity index (χ2v) is 10.5. The van der Waals surface area contributed by atoms with E-state index < -0.39 is 16.1 Å². The fourth-order valence-electron chi connectivity index (χ4n) is 3.83. The molecule has 0 radical (unpaired) electrons. The number of nitrogens with zero attached hydrogens (tertiary/aromatic N) is 2. The maximum absolute atomic E-state index is 13.3. The second-order valence-electron chi connectivity index (χ2n) is 8.20. The number of hydrogen-bond acceptors (Lipinski definition) is 4. The Morgan fingerprint density at radius 1 is 1.09 bits per heavy atom. The number of likely N-dealkylation sites (N-methyl/N-ethyl adjacent to an activating group) is 1. The number of amides is 2. The summed E-state index contributed by atoms with van der Waals surface area (Å²) in [6.45, 7) is 6.44. The van der Waals surface area contributed by atoms with Crippen LogP contribution in [0.1, 0.15) is 44.2 Å². The number of halogens is 1. The Morgan fingerprint density at radius 2 is 1.76 bits per heavy atom. The van der Waals surface area contributed by atoms with Crippen LogP contribution in [-0.2, 0) is 26.2 Å². The van der Waals surface area contributed by atoms with Crippen LogP contribution in [0.2, 0.25) is 5.02 Å². The Hall–Kier alpha value is -2.58. The van der Waals surface area contributed by atoms with Crippen LogP contribution in [0.5, 0.6) is 0 Å². The minimum absolute atomic E-state index is 0.106. The SMILES string of the molecule is CCNC(=O)[C@@H](CC)N(Cc1ccccc1)C(=O)CCCN(c1cc(Cl)ccc1C)S(C)(=O)=O. The third-order valence-corrected chi connectivity index (χ3v) is 6.94. The van der Waals surface area contributed by atoms with Crippen LogP contribution in [0.25, 0.3) is 0 Å². The Bertz CT molecular complexity index is 1080. The molecular formula is C25H34ClN3O4S. The van der Waals surface area contributed by atoms with Crippen molar-refractivity contribution < 1.29 is 18.0 Å². The number of nitrogens with one attached hydrogen (secondary N) is 1. The predicted molar refractivity (Wildman–Crippen MR) is 137 cm³/mol. The molecule has 0 saturated heterocycles. The molecule has 0 bridgehead atoms. The molecular weight excluding hydrogens is 474 g/mol. The van der Waals surface area contributed by atoms with Crippen LogP contribution in [0.3, 0.4) is 0 Å². The van der Waals surface area contributed by atoms with Crippen molar-refractivity contribution in [2.24, 2.45) is 0 Å². The molecule has 0 aliphatic heterocycles. The maximum atomic E-state index is 13.3. The third kappa shape index (κ3) is 7.74. The number of anilines is 1. The van der Waals surface area contributed by atoms with Gasteiger partial charge in [-0.1, -0.05) is 54.9 Å². The molecule has 34 heavy (non-hydrogen) atoms. The first kappa shape index (κ1) is 27.7. The monoisotopic (exact) mass is 507 g/mol. The van der Waals surface area contributed by atoms with Gasteiger partial charge in [-0.05, 0) is 49.9 Å². The first-order valence-corrected chi connectivity index (χ1v) is 13.7. The highest BCUT2D eigenvalue weighted by atomic mass is 35.5. The Kier molecular flexibility index (Phi) is 10.4. The lowest BCUT2D eigenvalue weighted by atomic mass is 10.1. The zero-order chi connectivity index (χ0) is 25.3. The standard InChI is InChI=1S/C25H34ClN3O4S/c1-5-22(25(31)27-6-2)28(18-20-11-8-7-9-12-20)24(30)13-10-16-29(34(4,32)33)23-17-21(26)15-14-19(23)3/h7-9,11-12,14-15,17,22H,5-6,10,13,16,18H2,1-4H3,(H,27,31)/t22-/m1/s1. The summed E-state index contributed by atoms with van der Waals surface area (Å²) in [5.41, 5.74) is 2.19. The number of benzene rings is 2. The highest BCUT2D eigenvalue weighted by Gasteiger charge is 2.28. The van der Waals surface area contributed by atoms with Crippen molar-refractivity contribution in [2.75, 3.05) is 23.7 Å². The number of carbonyl (C=O) groups excluding carboxylic acids is 2. The van der Waals surface area contributed by atoms with Crippen LogP contribution in [0.15, 0.2) is 48.5 Å². The lowest BCUT2D eigenvalue weighted by Gasteiger charge is -2.31. The molecule has 2 aromatic carbocycles. The molecule has 0 unspecified atom stereocenters.